The van der Waals surface area contributed by atoms with Gasteiger partial charge in [-0.2, -0.15) is 0 Å². The van der Waals surface area contributed by atoms with Crippen molar-refractivity contribution in [3.05, 3.63) is 16.4 Å². The van der Waals surface area contributed by atoms with Gasteiger partial charge in [0.1, 0.15) is 0 Å². The molecule has 1 fully saturated rings. The Balaban J connectivity index is 2.25. The van der Waals surface area contributed by atoms with Crippen LogP contribution in [0.3, 0.4) is 0 Å². The molecule has 1 aromatic heterocycles. The minimum absolute atomic E-state index is 0.384. The first-order valence-electron chi connectivity index (χ1n) is 5.32. The Hall–Kier alpha value is -0.580. The molecule has 1 atom stereocenters. The predicted octanol–water partition coefficient (Wildman–Crippen LogP) is 1.97. The third-order valence-electron chi connectivity index (χ3n) is 2.83. The Morgan fingerprint density at radius 1 is 1.50 bits per heavy atom. The highest BCUT2D eigenvalue weighted by atomic mass is 35.5. The topological polar surface area (TPSA) is 41.0 Å². The van der Waals surface area contributed by atoms with E-state index >= 15 is 0 Å². The summed E-state index contributed by atoms with van der Waals surface area (Å²) in [6.07, 6.45) is 2.33. The van der Waals surface area contributed by atoms with Crippen LogP contribution in [0.25, 0.3) is 0 Å². The second kappa shape index (κ2) is 5.17. The van der Waals surface area contributed by atoms with Gasteiger partial charge < -0.3 is 10.2 Å². The van der Waals surface area contributed by atoms with E-state index < -0.39 is 0 Å². The van der Waals surface area contributed by atoms with Crippen molar-refractivity contribution in [2.75, 3.05) is 25.0 Å². The molecule has 1 aliphatic rings. The fourth-order valence-corrected chi connectivity index (χ4v) is 2.49. The van der Waals surface area contributed by atoms with Crippen molar-refractivity contribution < 1.29 is 0 Å². The molecule has 1 aliphatic heterocycles. The molecule has 16 heavy (non-hydrogen) atoms. The van der Waals surface area contributed by atoms with E-state index in [4.69, 9.17) is 23.2 Å². The van der Waals surface area contributed by atoms with Crippen LogP contribution in [0.15, 0.2) is 6.07 Å². The van der Waals surface area contributed by atoms with E-state index in [1.165, 1.54) is 6.42 Å². The fourth-order valence-electron chi connectivity index (χ4n) is 2.15. The summed E-state index contributed by atoms with van der Waals surface area (Å²) in [4.78, 5) is 2.25. The lowest BCUT2D eigenvalue weighted by molar-refractivity contribution is 0.614. The van der Waals surface area contributed by atoms with Crippen LogP contribution >= 0.6 is 23.2 Å². The summed E-state index contributed by atoms with van der Waals surface area (Å²) < 4.78 is 0. The second-order valence-electron chi connectivity index (χ2n) is 3.89. The Kier molecular flexibility index (Phi) is 3.84. The van der Waals surface area contributed by atoms with Gasteiger partial charge in [-0.05, 0) is 19.9 Å². The van der Waals surface area contributed by atoms with Gasteiger partial charge >= 0.3 is 0 Å². The highest BCUT2D eigenvalue weighted by molar-refractivity contribution is 6.33. The predicted molar refractivity (Wildman–Crippen MR) is 66.3 cm³/mol. The molecule has 1 unspecified atom stereocenters. The van der Waals surface area contributed by atoms with Gasteiger partial charge in [-0.3, -0.25) is 0 Å². The molecule has 1 N–H and O–H groups in total. The van der Waals surface area contributed by atoms with Crippen LogP contribution in [0.2, 0.25) is 10.3 Å². The van der Waals surface area contributed by atoms with E-state index in [1.54, 1.807) is 6.07 Å². The first kappa shape index (κ1) is 11.9. The SMILES string of the molecule is CNCC1CCCN1c1cc(Cl)nnc1Cl. The molecule has 1 aromatic rings. The first-order valence-corrected chi connectivity index (χ1v) is 6.08. The van der Waals surface area contributed by atoms with Crippen LogP contribution in [0.4, 0.5) is 5.69 Å². The molecule has 0 aromatic carbocycles. The second-order valence-corrected chi connectivity index (χ2v) is 4.64. The molecule has 0 spiro atoms. The molecule has 88 valence electrons. The summed E-state index contributed by atoms with van der Waals surface area (Å²) in [5.74, 6) is 0. The number of rotatable bonds is 3. The van der Waals surface area contributed by atoms with E-state index in [1.807, 2.05) is 7.05 Å². The van der Waals surface area contributed by atoms with Crippen molar-refractivity contribution in [1.29, 1.82) is 0 Å². The molecular weight excluding hydrogens is 247 g/mol. The fraction of sp³-hybridized carbons (Fsp3) is 0.600. The number of likely N-dealkylation sites (N-methyl/N-ethyl adjacent to an activating group) is 1. The van der Waals surface area contributed by atoms with Gasteiger partial charge in [0.25, 0.3) is 0 Å². The van der Waals surface area contributed by atoms with E-state index in [0.717, 1.165) is 25.2 Å². The number of aromatic nitrogens is 2. The van der Waals surface area contributed by atoms with Gasteiger partial charge in [0, 0.05) is 25.2 Å². The highest BCUT2D eigenvalue weighted by Gasteiger charge is 2.26. The Morgan fingerprint density at radius 2 is 2.31 bits per heavy atom. The molecule has 2 rings (SSSR count). The van der Waals surface area contributed by atoms with Gasteiger partial charge in [0.15, 0.2) is 10.3 Å². The summed E-state index contributed by atoms with van der Waals surface area (Å²) in [7, 11) is 1.95. The molecule has 0 aliphatic carbocycles. The molecule has 0 radical (unpaired) electrons. The summed E-state index contributed by atoms with van der Waals surface area (Å²) in [6, 6.07) is 2.24. The minimum atomic E-state index is 0.384. The van der Waals surface area contributed by atoms with Crippen LogP contribution in [0.5, 0.6) is 0 Å². The van der Waals surface area contributed by atoms with Crippen LogP contribution in [0.1, 0.15) is 12.8 Å². The normalized spacial score (nSPS) is 20.4. The van der Waals surface area contributed by atoms with Crippen molar-refractivity contribution in [2.45, 2.75) is 18.9 Å². The zero-order valence-electron chi connectivity index (χ0n) is 9.08. The Labute approximate surface area is 105 Å². The summed E-state index contributed by atoms with van der Waals surface area (Å²) in [6.45, 7) is 1.93. The molecule has 0 amide bonds. The summed E-state index contributed by atoms with van der Waals surface area (Å²) in [5.41, 5.74) is 0.888. The van der Waals surface area contributed by atoms with Gasteiger partial charge in [0.2, 0.25) is 0 Å². The van der Waals surface area contributed by atoms with Crippen molar-refractivity contribution in [2.24, 2.45) is 0 Å². The van der Waals surface area contributed by atoms with Crippen molar-refractivity contribution in [1.82, 2.24) is 15.5 Å². The smallest absolute Gasteiger partial charge is 0.175 e. The lowest BCUT2D eigenvalue weighted by Crippen LogP contribution is -2.37. The zero-order valence-corrected chi connectivity index (χ0v) is 10.6. The van der Waals surface area contributed by atoms with Gasteiger partial charge in [-0.1, -0.05) is 23.2 Å². The van der Waals surface area contributed by atoms with Gasteiger partial charge in [-0.25, -0.2) is 0 Å². The van der Waals surface area contributed by atoms with E-state index in [0.29, 0.717) is 16.3 Å². The van der Waals surface area contributed by atoms with Crippen LogP contribution in [0, 0.1) is 0 Å². The van der Waals surface area contributed by atoms with Crippen LogP contribution < -0.4 is 10.2 Å². The Bertz CT molecular complexity index is 372. The highest BCUT2D eigenvalue weighted by Crippen LogP contribution is 2.31. The largest absolute Gasteiger partial charge is 0.365 e. The molecule has 2 heterocycles. The molecule has 6 heteroatoms. The maximum Gasteiger partial charge on any atom is 0.175 e. The van der Waals surface area contributed by atoms with Gasteiger partial charge in [0.05, 0.1) is 5.69 Å². The monoisotopic (exact) mass is 260 g/mol. The molecular formula is C10H14Cl2N4. The summed E-state index contributed by atoms with van der Waals surface area (Å²) in [5, 5.41) is 11.6. The standard InChI is InChI=1S/C10H14Cl2N4/c1-13-6-7-3-2-4-16(7)8-5-9(11)14-15-10(8)12/h5,7,13H,2-4,6H2,1H3. The molecule has 0 saturated carbocycles. The molecule has 0 bridgehead atoms. The average molecular weight is 261 g/mol. The summed E-state index contributed by atoms with van der Waals surface area (Å²) >= 11 is 11.9. The molecule has 1 saturated heterocycles. The number of nitrogens with zero attached hydrogens (tertiary/aromatic N) is 3. The van der Waals surface area contributed by atoms with Crippen LogP contribution in [-0.2, 0) is 0 Å². The van der Waals surface area contributed by atoms with E-state index in [9.17, 15) is 0 Å². The van der Waals surface area contributed by atoms with Crippen molar-refractivity contribution in [3.63, 3.8) is 0 Å². The van der Waals surface area contributed by atoms with E-state index in [-0.39, 0.29) is 0 Å². The number of anilines is 1. The van der Waals surface area contributed by atoms with Gasteiger partial charge in [-0.15, -0.1) is 10.2 Å². The van der Waals surface area contributed by atoms with E-state index in [2.05, 4.69) is 20.4 Å². The maximum atomic E-state index is 6.05. The number of hydrogen-bond donors (Lipinski definition) is 1. The first-order chi connectivity index (χ1) is 7.72. The number of halogens is 2. The number of hydrogen-bond acceptors (Lipinski definition) is 4. The zero-order chi connectivity index (χ0) is 11.5. The lowest BCUT2D eigenvalue weighted by atomic mass is 10.2. The quantitative estimate of drug-likeness (QED) is 0.903. The van der Waals surface area contributed by atoms with Crippen molar-refractivity contribution in [3.8, 4) is 0 Å². The van der Waals surface area contributed by atoms with Crippen LogP contribution in [-0.4, -0.2) is 36.4 Å². The lowest BCUT2D eigenvalue weighted by Gasteiger charge is -2.26. The third-order valence-corrected chi connectivity index (χ3v) is 3.28. The molecule has 4 nitrogen and oxygen atoms in total. The number of nitrogens with one attached hydrogen (secondary N) is 1. The third kappa shape index (κ3) is 2.39. The Morgan fingerprint density at radius 3 is 3.06 bits per heavy atom. The van der Waals surface area contributed by atoms with Crippen molar-refractivity contribution >= 4 is 28.9 Å². The maximum absolute atomic E-state index is 6.05. The average Bonchev–Trinajstić information content (AvgIpc) is 2.70. The minimum Gasteiger partial charge on any atom is -0.365 e.